The molecule has 2 aromatic carbocycles. The van der Waals surface area contributed by atoms with E-state index < -0.39 is 5.82 Å². The maximum atomic E-state index is 14.0. The molecule has 1 aliphatic heterocycles. The van der Waals surface area contributed by atoms with Crippen LogP contribution in [0.25, 0.3) is 11.0 Å². The van der Waals surface area contributed by atoms with Crippen LogP contribution in [-0.4, -0.2) is 43.6 Å². The minimum atomic E-state index is -0.465. The molecule has 0 spiro atoms. The Bertz CT molecular complexity index is 1030. The molecule has 1 aromatic heterocycles. The summed E-state index contributed by atoms with van der Waals surface area (Å²) in [6.45, 7) is 5.83. The number of benzene rings is 2. The lowest BCUT2D eigenvalue weighted by molar-refractivity contribution is 0.0680. The summed E-state index contributed by atoms with van der Waals surface area (Å²) >= 11 is 0. The van der Waals surface area contributed by atoms with Gasteiger partial charge in [0, 0.05) is 24.5 Å². The number of fused-ring (bicyclic) bond motifs is 2. The zero-order chi connectivity index (χ0) is 19.8. The lowest BCUT2D eigenvalue weighted by Crippen LogP contribution is -2.46. The third-order valence-corrected chi connectivity index (χ3v) is 5.24. The highest BCUT2D eigenvalue weighted by Gasteiger charge is 2.29. The molecule has 0 saturated carbocycles. The second-order valence-electron chi connectivity index (χ2n) is 7.10. The average Bonchev–Trinajstić information content (AvgIpc) is 3.04. The second kappa shape index (κ2) is 7.19. The van der Waals surface area contributed by atoms with Crippen LogP contribution in [0.15, 0.2) is 46.9 Å². The Kier molecular flexibility index (Phi) is 4.71. The van der Waals surface area contributed by atoms with Gasteiger partial charge in [-0.15, -0.1) is 0 Å². The van der Waals surface area contributed by atoms with Crippen molar-refractivity contribution in [1.82, 2.24) is 4.90 Å². The number of aryl methyl sites for hydroxylation is 1. The molecule has 28 heavy (non-hydrogen) atoms. The smallest absolute Gasteiger partial charge is 0.289 e. The molecule has 0 unspecified atom stereocenters. The molecule has 1 aliphatic rings. The molecule has 2 heterocycles. The van der Waals surface area contributed by atoms with Crippen molar-refractivity contribution in [2.75, 3.05) is 31.6 Å². The molecule has 0 aliphatic carbocycles. The van der Waals surface area contributed by atoms with Crippen LogP contribution in [0.4, 0.5) is 10.1 Å². The van der Waals surface area contributed by atoms with Gasteiger partial charge in [0.15, 0.2) is 17.2 Å². The number of halogens is 1. The zero-order valence-corrected chi connectivity index (χ0v) is 16.2. The minimum absolute atomic E-state index is 0.122. The van der Waals surface area contributed by atoms with E-state index in [2.05, 4.69) is 11.8 Å². The summed E-state index contributed by atoms with van der Waals surface area (Å²) in [6, 6.07) is 12.6. The molecular formula is C22H23FN2O3. The molecule has 0 radical (unpaired) electrons. The summed E-state index contributed by atoms with van der Waals surface area (Å²) in [4.78, 5) is 16.8. The van der Waals surface area contributed by atoms with Gasteiger partial charge < -0.3 is 19.0 Å². The van der Waals surface area contributed by atoms with Gasteiger partial charge in [-0.05, 0) is 32.0 Å². The largest absolute Gasteiger partial charge is 0.485 e. The van der Waals surface area contributed by atoms with Crippen molar-refractivity contribution in [2.24, 2.45) is 0 Å². The Balaban J connectivity index is 1.54. The minimum Gasteiger partial charge on any atom is -0.485 e. The van der Waals surface area contributed by atoms with Crippen molar-refractivity contribution in [1.29, 1.82) is 0 Å². The maximum Gasteiger partial charge on any atom is 0.289 e. The summed E-state index contributed by atoms with van der Waals surface area (Å²) in [6.07, 6.45) is -0.162. The number of rotatable bonds is 4. The number of para-hydroxylation sites is 3. The van der Waals surface area contributed by atoms with E-state index >= 15 is 0 Å². The SMILES string of the molecule is CCN1C[C@@H](CN(C)C(=O)c2oc3c(F)cccc3c2C)Oc2ccccc21. The number of amides is 1. The van der Waals surface area contributed by atoms with Crippen LogP contribution < -0.4 is 9.64 Å². The van der Waals surface area contributed by atoms with Gasteiger partial charge in [0.25, 0.3) is 5.91 Å². The quantitative estimate of drug-likeness (QED) is 0.677. The van der Waals surface area contributed by atoms with Crippen LogP contribution >= 0.6 is 0 Å². The second-order valence-corrected chi connectivity index (χ2v) is 7.10. The molecule has 1 amide bonds. The van der Waals surface area contributed by atoms with Crippen LogP contribution in [0.5, 0.6) is 5.75 Å². The Morgan fingerprint density at radius 2 is 2.04 bits per heavy atom. The number of hydrogen-bond donors (Lipinski definition) is 0. The van der Waals surface area contributed by atoms with Crippen molar-refractivity contribution in [2.45, 2.75) is 20.0 Å². The van der Waals surface area contributed by atoms with E-state index in [0.29, 0.717) is 24.0 Å². The van der Waals surface area contributed by atoms with Gasteiger partial charge in [0.2, 0.25) is 0 Å². The van der Waals surface area contributed by atoms with E-state index in [1.165, 1.54) is 6.07 Å². The fourth-order valence-electron chi connectivity index (χ4n) is 3.75. The fourth-order valence-corrected chi connectivity index (χ4v) is 3.75. The number of hydrogen-bond acceptors (Lipinski definition) is 4. The predicted molar refractivity (Wildman–Crippen MR) is 107 cm³/mol. The first kappa shape index (κ1) is 18.3. The van der Waals surface area contributed by atoms with Crippen LogP contribution in [0, 0.1) is 12.7 Å². The number of likely N-dealkylation sites (N-methyl/N-ethyl adjacent to an activating group) is 2. The molecular weight excluding hydrogens is 359 g/mol. The van der Waals surface area contributed by atoms with Crippen LogP contribution in [0.3, 0.4) is 0 Å². The highest BCUT2D eigenvalue weighted by molar-refractivity contribution is 5.98. The molecule has 5 nitrogen and oxygen atoms in total. The molecule has 0 bridgehead atoms. The summed E-state index contributed by atoms with van der Waals surface area (Å²) in [5.41, 5.74) is 1.84. The van der Waals surface area contributed by atoms with Gasteiger partial charge in [-0.3, -0.25) is 4.79 Å². The molecule has 1 atom stereocenters. The Morgan fingerprint density at radius 1 is 1.25 bits per heavy atom. The van der Waals surface area contributed by atoms with Gasteiger partial charge in [0.05, 0.1) is 18.8 Å². The maximum absolute atomic E-state index is 14.0. The third-order valence-electron chi connectivity index (χ3n) is 5.24. The molecule has 0 fully saturated rings. The first-order chi connectivity index (χ1) is 13.5. The van der Waals surface area contributed by atoms with Crippen molar-refractivity contribution in [3.8, 4) is 5.75 Å². The van der Waals surface area contributed by atoms with E-state index in [0.717, 1.165) is 18.0 Å². The first-order valence-corrected chi connectivity index (χ1v) is 9.43. The first-order valence-electron chi connectivity index (χ1n) is 9.43. The van der Waals surface area contributed by atoms with E-state index in [9.17, 15) is 9.18 Å². The van der Waals surface area contributed by atoms with Gasteiger partial charge in [-0.1, -0.05) is 24.3 Å². The highest BCUT2D eigenvalue weighted by atomic mass is 19.1. The van der Waals surface area contributed by atoms with E-state index in [1.54, 1.807) is 31.0 Å². The monoisotopic (exact) mass is 382 g/mol. The molecule has 6 heteroatoms. The Labute approximate surface area is 163 Å². The molecule has 0 N–H and O–H groups in total. The molecule has 146 valence electrons. The molecule has 0 saturated heterocycles. The number of carbonyl (C=O) groups excluding carboxylic acids is 1. The zero-order valence-electron chi connectivity index (χ0n) is 16.2. The van der Waals surface area contributed by atoms with E-state index in [-0.39, 0.29) is 23.4 Å². The number of carbonyl (C=O) groups is 1. The van der Waals surface area contributed by atoms with Gasteiger partial charge >= 0.3 is 0 Å². The van der Waals surface area contributed by atoms with E-state index in [4.69, 9.17) is 9.15 Å². The number of anilines is 1. The Morgan fingerprint density at radius 3 is 2.79 bits per heavy atom. The van der Waals surface area contributed by atoms with Crippen LogP contribution in [0.2, 0.25) is 0 Å². The van der Waals surface area contributed by atoms with Gasteiger partial charge in [-0.25, -0.2) is 4.39 Å². The number of furan rings is 1. The summed E-state index contributed by atoms with van der Waals surface area (Å²) in [5, 5.41) is 0.622. The van der Waals surface area contributed by atoms with Crippen molar-refractivity contribution in [3.05, 3.63) is 59.6 Å². The molecule has 3 aromatic rings. The highest BCUT2D eigenvalue weighted by Crippen LogP contribution is 2.33. The predicted octanol–water partition coefficient (Wildman–Crippen LogP) is 4.24. The van der Waals surface area contributed by atoms with Crippen molar-refractivity contribution in [3.63, 3.8) is 0 Å². The van der Waals surface area contributed by atoms with Gasteiger partial charge in [0.1, 0.15) is 11.9 Å². The van der Waals surface area contributed by atoms with E-state index in [1.807, 2.05) is 24.3 Å². The number of ether oxygens (including phenoxy) is 1. The van der Waals surface area contributed by atoms with Crippen molar-refractivity contribution >= 4 is 22.6 Å². The van der Waals surface area contributed by atoms with Crippen LogP contribution in [0.1, 0.15) is 23.0 Å². The average molecular weight is 382 g/mol. The summed E-state index contributed by atoms with van der Waals surface area (Å²) in [7, 11) is 1.71. The topological polar surface area (TPSA) is 45.9 Å². The Hall–Kier alpha value is -3.02. The van der Waals surface area contributed by atoms with Gasteiger partial charge in [-0.2, -0.15) is 0 Å². The standard InChI is InChI=1S/C22H23FN2O3/c1-4-25-13-15(27-19-11-6-5-10-18(19)25)12-24(3)22(26)20-14(2)16-8-7-9-17(23)21(16)28-20/h5-11,15H,4,12-13H2,1-3H3/t15-/m1/s1. The lowest BCUT2D eigenvalue weighted by atomic mass is 10.1. The third kappa shape index (κ3) is 3.09. The summed E-state index contributed by atoms with van der Waals surface area (Å²) < 4.78 is 25.7. The summed E-state index contributed by atoms with van der Waals surface area (Å²) in [5.74, 6) is 0.251. The van der Waals surface area contributed by atoms with Crippen LogP contribution in [-0.2, 0) is 0 Å². The van der Waals surface area contributed by atoms with Crippen molar-refractivity contribution < 1.29 is 18.3 Å². The number of nitrogens with zero attached hydrogens (tertiary/aromatic N) is 2. The normalized spacial score (nSPS) is 16.0. The molecule has 4 rings (SSSR count). The lowest BCUT2D eigenvalue weighted by Gasteiger charge is -2.37. The fraction of sp³-hybridized carbons (Fsp3) is 0.318.